The third kappa shape index (κ3) is 3.40. The molecule has 0 aliphatic rings. The molecular weight excluding hydrogens is 364 g/mol. The van der Waals surface area contributed by atoms with Gasteiger partial charge in [0.15, 0.2) is 0 Å². The van der Waals surface area contributed by atoms with Crippen molar-refractivity contribution in [3.63, 3.8) is 0 Å². The normalized spacial score (nSPS) is 11.3. The van der Waals surface area contributed by atoms with Crippen LogP contribution in [0.1, 0.15) is 25.3 Å². The summed E-state index contributed by atoms with van der Waals surface area (Å²) >= 11 is 1.49. The van der Waals surface area contributed by atoms with Crippen molar-refractivity contribution in [2.45, 2.75) is 19.8 Å². The Balaban J connectivity index is 1.81. The van der Waals surface area contributed by atoms with Gasteiger partial charge in [-0.15, -0.1) is 11.3 Å². The summed E-state index contributed by atoms with van der Waals surface area (Å²) in [6.45, 7) is 4.30. The number of aromatic nitrogens is 2. The minimum absolute atomic E-state index is 0.0438. The van der Waals surface area contributed by atoms with Gasteiger partial charge in [0.05, 0.1) is 11.1 Å². The molecule has 3 nitrogen and oxygen atoms in total. The lowest BCUT2D eigenvalue weighted by atomic mass is 9.99. The van der Waals surface area contributed by atoms with E-state index in [9.17, 15) is 8.78 Å². The minimum atomic E-state index is -0.541. The Morgan fingerprint density at radius 2 is 1.78 bits per heavy atom. The number of nitrogens with one attached hydrogen (secondary N) is 1. The average Bonchev–Trinajstić information content (AvgIpc) is 3.10. The summed E-state index contributed by atoms with van der Waals surface area (Å²) in [5.41, 5.74) is 3.30. The first-order chi connectivity index (χ1) is 13.0. The maximum atomic E-state index is 14.1. The standard InChI is InChI=1S/C21H17F2N3S/c1-12(2)13-3-5-14(6-4-13)16-10-27-21-19(16)20(24-11-25-21)26-18-9-15(22)7-8-17(18)23/h3-12H,1-2H3,(H,24,25,26). The van der Waals surface area contributed by atoms with E-state index in [4.69, 9.17) is 0 Å². The Kier molecular flexibility index (Phi) is 4.58. The third-order valence-electron chi connectivity index (χ3n) is 4.44. The Morgan fingerprint density at radius 1 is 1.00 bits per heavy atom. The summed E-state index contributed by atoms with van der Waals surface area (Å²) in [4.78, 5) is 9.37. The first-order valence-corrected chi connectivity index (χ1v) is 9.45. The van der Waals surface area contributed by atoms with E-state index in [0.717, 1.165) is 39.5 Å². The third-order valence-corrected chi connectivity index (χ3v) is 5.33. The fourth-order valence-corrected chi connectivity index (χ4v) is 3.87. The summed E-state index contributed by atoms with van der Waals surface area (Å²) in [6, 6.07) is 11.6. The molecule has 4 aromatic rings. The van der Waals surface area contributed by atoms with Crippen LogP contribution in [0.3, 0.4) is 0 Å². The zero-order valence-corrected chi connectivity index (χ0v) is 15.6. The van der Waals surface area contributed by atoms with Crippen LogP contribution in [0.15, 0.2) is 54.2 Å². The SMILES string of the molecule is CC(C)c1ccc(-c2csc3ncnc(Nc4cc(F)ccc4F)c23)cc1. The molecule has 27 heavy (non-hydrogen) atoms. The van der Waals surface area contributed by atoms with Crippen LogP contribution in [0.4, 0.5) is 20.3 Å². The molecule has 0 fully saturated rings. The fourth-order valence-electron chi connectivity index (χ4n) is 2.95. The van der Waals surface area contributed by atoms with Crippen LogP contribution in [0.25, 0.3) is 21.3 Å². The van der Waals surface area contributed by atoms with Gasteiger partial charge < -0.3 is 5.32 Å². The molecule has 0 atom stereocenters. The van der Waals surface area contributed by atoms with Crippen LogP contribution in [0.5, 0.6) is 0 Å². The van der Waals surface area contributed by atoms with Gasteiger partial charge in [0.1, 0.15) is 28.6 Å². The second-order valence-electron chi connectivity index (χ2n) is 6.58. The van der Waals surface area contributed by atoms with E-state index < -0.39 is 11.6 Å². The highest BCUT2D eigenvalue weighted by atomic mass is 32.1. The van der Waals surface area contributed by atoms with Crippen molar-refractivity contribution in [2.75, 3.05) is 5.32 Å². The second kappa shape index (κ2) is 7.04. The lowest BCUT2D eigenvalue weighted by Crippen LogP contribution is -1.98. The first kappa shape index (κ1) is 17.5. The maximum absolute atomic E-state index is 14.1. The van der Waals surface area contributed by atoms with Crippen LogP contribution in [0.2, 0.25) is 0 Å². The van der Waals surface area contributed by atoms with Gasteiger partial charge in [-0.1, -0.05) is 38.1 Å². The average molecular weight is 381 g/mol. The summed E-state index contributed by atoms with van der Waals surface area (Å²) in [6.07, 6.45) is 1.42. The molecule has 2 heterocycles. The summed E-state index contributed by atoms with van der Waals surface area (Å²) in [5.74, 6) is -0.149. The molecule has 2 aromatic carbocycles. The Morgan fingerprint density at radius 3 is 2.52 bits per heavy atom. The number of anilines is 2. The van der Waals surface area contributed by atoms with Crippen LogP contribution < -0.4 is 5.32 Å². The number of hydrogen-bond donors (Lipinski definition) is 1. The van der Waals surface area contributed by atoms with Crippen molar-refractivity contribution in [1.82, 2.24) is 9.97 Å². The topological polar surface area (TPSA) is 37.8 Å². The van der Waals surface area contributed by atoms with E-state index in [-0.39, 0.29) is 5.69 Å². The molecule has 0 saturated heterocycles. The summed E-state index contributed by atoms with van der Waals surface area (Å²) in [5, 5.41) is 5.73. The van der Waals surface area contributed by atoms with Crippen molar-refractivity contribution < 1.29 is 8.78 Å². The van der Waals surface area contributed by atoms with Crippen molar-refractivity contribution >= 4 is 33.1 Å². The van der Waals surface area contributed by atoms with Crippen LogP contribution >= 0.6 is 11.3 Å². The largest absolute Gasteiger partial charge is 0.337 e. The summed E-state index contributed by atoms with van der Waals surface area (Å²) in [7, 11) is 0. The molecule has 0 aliphatic carbocycles. The quantitative estimate of drug-likeness (QED) is 0.438. The highest BCUT2D eigenvalue weighted by Crippen LogP contribution is 2.38. The molecule has 0 saturated carbocycles. The Labute approximate surface area is 159 Å². The number of rotatable bonds is 4. The number of fused-ring (bicyclic) bond motifs is 1. The van der Waals surface area contributed by atoms with Gasteiger partial charge in [0.2, 0.25) is 0 Å². The number of halogens is 2. The first-order valence-electron chi connectivity index (χ1n) is 8.57. The monoisotopic (exact) mass is 381 g/mol. The van der Waals surface area contributed by atoms with E-state index in [0.29, 0.717) is 11.7 Å². The molecule has 6 heteroatoms. The van der Waals surface area contributed by atoms with E-state index >= 15 is 0 Å². The minimum Gasteiger partial charge on any atom is -0.337 e. The maximum Gasteiger partial charge on any atom is 0.146 e. The molecule has 1 N–H and O–H groups in total. The van der Waals surface area contributed by atoms with Crippen molar-refractivity contribution in [3.05, 3.63) is 71.4 Å². The van der Waals surface area contributed by atoms with Gasteiger partial charge >= 0.3 is 0 Å². The lowest BCUT2D eigenvalue weighted by Gasteiger charge is -2.10. The van der Waals surface area contributed by atoms with E-state index in [1.165, 1.54) is 23.2 Å². The number of thiophene rings is 1. The predicted molar refractivity (Wildman–Crippen MR) is 107 cm³/mol. The van der Waals surface area contributed by atoms with Gasteiger partial charge in [-0.2, -0.15) is 0 Å². The molecule has 0 spiro atoms. The van der Waals surface area contributed by atoms with Crippen LogP contribution in [-0.2, 0) is 0 Å². The molecule has 0 amide bonds. The van der Waals surface area contributed by atoms with Crippen LogP contribution in [-0.4, -0.2) is 9.97 Å². The predicted octanol–water partition coefficient (Wildman–Crippen LogP) is 6.50. The molecular formula is C21H17F2N3S. The van der Waals surface area contributed by atoms with Crippen molar-refractivity contribution in [1.29, 1.82) is 0 Å². The van der Waals surface area contributed by atoms with Gasteiger partial charge in [-0.05, 0) is 29.2 Å². The smallest absolute Gasteiger partial charge is 0.146 e. The van der Waals surface area contributed by atoms with Gasteiger partial charge in [-0.25, -0.2) is 18.7 Å². The zero-order chi connectivity index (χ0) is 19.0. The Bertz CT molecular complexity index is 1100. The number of benzene rings is 2. The summed E-state index contributed by atoms with van der Waals surface area (Å²) < 4.78 is 27.6. The van der Waals surface area contributed by atoms with Gasteiger partial charge in [0, 0.05) is 17.0 Å². The lowest BCUT2D eigenvalue weighted by molar-refractivity contribution is 0.603. The number of hydrogen-bond acceptors (Lipinski definition) is 4. The zero-order valence-electron chi connectivity index (χ0n) is 14.8. The van der Waals surface area contributed by atoms with Crippen molar-refractivity contribution in [3.8, 4) is 11.1 Å². The van der Waals surface area contributed by atoms with Gasteiger partial charge in [-0.3, -0.25) is 0 Å². The Hall–Kier alpha value is -2.86. The molecule has 136 valence electrons. The molecule has 4 rings (SSSR count). The van der Waals surface area contributed by atoms with Gasteiger partial charge in [0.25, 0.3) is 0 Å². The molecule has 0 bridgehead atoms. The highest BCUT2D eigenvalue weighted by molar-refractivity contribution is 7.17. The highest BCUT2D eigenvalue weighted by Gasteiger charge is 2.15. The van der Waals surface area contributed by atoms with E-state index in [1.807, 2.05) is 5.38 Å². The molecule has 0 unspecified atom stereocenters. The van der Waals surface area contributed by atoms with E-state index in [2.05, 4.69) is 53.4 Å². The number of nitrogens with zero attached hydrogens (tertiary/aromatic N) is 2. The molecule has 2 aromatic heterocycles. The molecule has 0 aliphatic heterocycles. The fraction of sp³-hybridized carbons (Fsp3) is 0.143. The molecule has 0 radical (unpaired) electrons. The van der Waals surface area contributed by atoms with Crippen LogP contribution in [0, 0.1) is 11.6 Å². The van der Waals surface area contributed by atoms with E-state index in [1.54, 1.807) is 0 Å². The van der Waals surface area contributed by atoms with Crippen molar-refractivity contribution in [2.24, 2.45) is 0 Å². The second-order valence-corrected chi connectivity index (χ2v) is 7.44.